The molecule has 1 heterocycles. The summed E-state index contributed by atoms with van der Waals surface area (Å²) in [5.41, 5.74) is 0.613. The zero-order valence-corrected chi connectivity index (χ0v) is 10.2. The Morgan fingerprint density at radius 3 is 2.63 bits per heavy atom. The lowest BCUT2D eigenvalue weighted by Crippen LogP contribution is -2.03. The molecule has 102 valence electrons. The summed E-state index contributed by atoms with van der Waals surface area (Å²) in [6.07, 6.45) is 0. The minimum absolute atomic E-state index is 0.124. The summed E-state index contributed by atoms with van der Waals surface area (Å²) in [6.45, 7) is -2.99. The Bertz CT molecular complexity index is 609. The predicted molar refractivity (Wildman–Crippen MR) is 62.8 cm³/mol. The van der Waals surface area contributed by atoms with E-state index in [0.717, 1.165) is 0 Å². The Balaban J connectivity index is 2.59. The number of fused-ring (bicyclic) bond motifs is 1. The quantitative estimate of drug-likeness (QED) is 0.868. The second-order valence-corrected chi connectivity index (χ2v) is 3.61. The van der Waals surface area contributed by atoms with Crippen molar-refractivity contribution in [1.29, 1.82) is 0 Å². The number of H-pyrrole nitrogens is 1. The first-order chi connectivity index (χ1) is 9.06. The Morgan fingerprint density at radius 1 is 1.32 bits per heavy atom. The molecule has 0 atom stereocenters. The van der Waals surface area contributed by atoms with E-state index in [4.69, 9.17) is 4.74 Å². The maximum absolute atomic E-state index is 12.4. The number of methoxy groups -OCH3 is 2. The molecule has 0 amide bonds. The standard InChI is InChI=1S/C12H11F2NO4/c1-17-9-4-3-7-6(10(9)19-12(13)14)5-8(15-7)11(16)18-2/h3-5,12,15H,1-2H3. The van der Waals surface area contributed by atoms with E-state index in [1.54, 1.807) is 6.07 Å². The Kier molecular flexibility index (Phi) is 3.55. The van der Waals surface area contributed by atoms with Crippen LogP contribution in [0.25, 0.3) is 10.9 Å². The number of carbonyl (C=O) groups excluding carboxylic acids is 1. The number of carbonyl (C=O) groups is 1. The molecular weight excluding hydrogens is 260 g/mol. The first kappa shape index (κ1) is 13.1. The third-order valence-electron chi connectivity index (χ3n) is 2.55. The zero-order valence-electron chi connectivity index (χ0n) is 10.2. The number of alkyl halides is 2. The van der Waals surface area contributed by atoms with Crippen molar-refractivity contribution in [3.63, 3.8) is 0 Å². The number of rotatable bonds is 4. The molecule has 0 aliphatic heterocycles. The smallest absolute Gasteiger partial charge is 0.387 e. The number of hydrogen-bond donors (Lipinski definition) is 1. The molecule has 7 heteroatoms. The SMILES string of the molecule is COC(=O)c1cc2c(OC(F)F)c(OC)ccc2[nH]1. The van der Waals surface area contributed by atoms with Crippen molar-refractivity contribution in [2.45, 2.75) is 6.61 Å². The van der Waals surface area contributed by atoms with Gasteiger partial charge in [0.25, 0.3) is 0 Å². The molecular formula is C12H11F2NO4. The van der Waals surface area contributed by atoms with E-state index in [0.29, 0.717) is 10.9 Å². The van der Waals surface area contributed by atoms with Crippen LogP contribution in [0.5, 0.6) is 11.5 Å². The van der Waals surface area contributed by atoms with Gasteiger partial charge < -0.3 is 19.2 Å². The minimum atomic E-state index is -2.99. The van der Waals surface area contributed by atoms with Gasteiger partial charge in [-0.1, -0.05) is 0 Å². The highest BCUT2D eigenvalue weighted by molar-refractivity contribution is 5.98. The highest BCUT2D eigenvalue weighted by atomic mass is 19.3. The molecule has 5 nitrogen and oxygen atoms in total. The van der Waals surface area contributed by atoms with Crippen LogP contribution in [-0.4, -0.2) is 31.8 Å². The van der Waals surface area contributed by atoms with E-state index in [1.807, 2.05) is 0 Å². The van der Waals surface area contributed by atoms with E-state index < -0.39 is 12.6 Å². The van der Waals surface area contributed by atoms with Crippen molar-refractivity contribution >= 4 is 16.9 Å². The van der Waals surface area contributed by atoms with E-state index in [1.165, 1.54) is 26.4 Å². The summed E-state index contributed by atoms with van der Waals surface area (Å²) in [5.74, 6) is -0.567. The molecule has 1 N–H and O–H groups in total. The van der Waals surface area contributed by atoms with Crippen molar-refractivity contribution in [2.75, 3.05) is 14.2 Å². The van der Waals surface area contributed by atoms with Crippen LogP contribution in [0.2, 0.25) is 0 Å². The lowest BCUT2D eigenvalue weighted by atomic mass is 10.2. The Labute approximate surface area is 107 Å². The molecule has 19 heavy (non-hydrogen) atoms. The van der Waals surface area contributed by atoms with Gasteiger partial charge in [0.05, 0.1) is 19.7 Å². The lowest BCUT2D eigenvalue weighted by Gasteiger charge is -2.10. The molecule has 0 bridgehead atoms. The van der Waals surface area contributed by atoms with E-state index >= 15 is 0 Å². The fraction of sp³-hybridized carbons (Fsp3) is 0.250. The summed E-state index contributed by atoms with van der Waals surface area (Å²) in [4.78, 5) is 14.2. The number of esters is 1. The molecule has 0 unspecified atom stereocenters. The van der Waals surface area contributed by atoms with E-state index in [2.05, 4.69) is 14.5 Å². The van der Waals surface area contributed by atoms with Gasteiger partial charge in [-0.3, -0.25) is 0 Å². The predicted octanol–water partition coefficient (Wildman–Crippen LogP) is 2.56. The molecule has 1 aromatic carbocycles. The van der Waals surface area contributed by atoms with Crippen LogP contribution in [0.3, 0.4) is 0 Å². The van der Waals surface area contributed by atoms with Crippen LogP contribution in [-0.2, 0) is 4.74 Å². The van der Waals surface area contributed by atoms with Gasteiger partial charge in [-0.2, -0.15) is 8.78 Å². The molecule has 0 aliphatic carbocycles. The Hall–Kier alpha value is -2.31. The number of hydrogen-bond acceptors (Lipinski definition) is 4. The molecule has 1 aromatic heterocycles. The van der Waals surface area contributed by atoms with Crippen LogP contribution in [0.15, 0.2) is 18.2 Å². The number of aromatic nitrogens is 1. The van der Waals surface area contributed by atoms with Crippen molar-refractivity contribution in [2.24, 2.45) is 0 Å². The van der Waals surface area contributed by atoms with Gasteiger partial charge in [-0.15, -0.1) is 0 Å². The van der Waals surface area contributed by atoms with Crippen LogP contribution in [0, 0.1) is 0 Å². The topological polar surface area (TPSA) is 60.6 Å². The first-order valence-electron chi connectivity index (χ1n) is 5.29. The Morgan fingerprint density at radius 2 is 2.05 bits per heavy atom. The summed E-state index contributed by atoms with van der Waals surface area (Å²) in [6, 6.07) is 4.44. The van der Waals surface area contributed by atoms with E-state index in [9.17, 15) is 13.6 Å². The first-order valence-corrected chi connectivity index (χ1v) is 5.29. The summed E-state index contributed by atoms with van der Waals surface area (Å²) >= 11 is 0. The second-order valence-electron chi connectivity index (χ2n) is 3.61. The van der Waals surface area contributed by atoms with Crippen molar-refractivity contribution in [3.8, 4) is 11.5 Å². The van der Waals surface area contributed by atoms with Gasteiger partial charge in [0, 0.05) is 5.39 Å². The number of benzene rings is 1. The second kappa shape index (κ2) is 5.13. The third-order valence-corrected chi connectivity index (χ3v) is 2.55. The van der Waals surface area contributed by atoms with Gasteiger partial charge in [-0.25, -0.2) is 4.79 Å². The number of ether oxygens (including phenoxy) is 3. The summed E-state index contributed by atoms with van der Waals surface area (Å²) in [5, 5.41) is 0.319. The molecule has 2 aromatic rings. The molecule has 0 radical (unpaired) electrons. The van der Waals surface area contributed by atoms with Gasteiger partial charge >= 0.3 is 12.6 Å². The number of halogens is 2. The lowest BCUT2D eigenvalue weighted by molar-refractivity contribution is -0.0501. The largest absolute Gasteiger partial charge is 0.493 e. The summed E-state index contributed by atoms with van der Waals surface area (Å²) in [7, 11) is 2.57. The highest BCUT2D eigenvalue weighted by Gasteiger charge is 2.18. The number of nitrogens with one attached hydrogen (secondary N) is 1. The average Bonchev–Trinajstić information content (AvgIpc) is 2.82. The van der Waals surface area contributed by atoms with Gasteiger partial charge in [0.2, 0.25) is 0 Å². The molecule has 0 aliphatic rings. The number of aromatic amines is 1. The fourth-order valence-corrected chi connectivity index (χ4v) is 1.75. The minimum Gasteiger partial charge on any atom is -0.493 e. The monoisotopic (exact) mass is 271 g/mol. The van der Waals surface area contributed by atoms with Gasteiger partial charge in [0.15, 0.2) is 11.5 Å². The van der Waals surface area contributed by atoms with Crippen LogP contribution in [0.4, 0.5) is 8.78 Å². The third kappa shape index (κ3) is 2.44. The average molecular weight is 271 g/mol. The summed E-state index contributed by atoms with van der Waals surface area (Å²) < 4.78 is 38.8. The molecule has 0 fully saturated rings. The van der Waals surface area contributed by atoms with Gasteiger partial charge in [0.1, 0.15) is 5.69 Å². The normalized spacial score (nSPS) is 10.8. The van der Waals surface area contributed by atoms with Crippen molar-refractivity contribution < 1.29 is 27.8 Å². The molecule has 0 saturated carbocycles. The zero-order chi connectivity index (χ0) is 14.0. The van der Waals surface area contributed by atoms with E-state index in [-0.39, 0.29) is 17.2 Å². The van der Waals surface area contributed by atoms with Crippen molar-refractivity contribution in [3.05, 3.63) is 23.9 Å². The van der Waals surface area contributed by atoms with Crippen molar-refractivity contribution in [1.82, 2.24) is 4.98 Å². The van der Waals surface area contributed by atoms with Gasteiger partial charge in [-0.05, 0) is 18.2 Å². The maximum Gasteiger partial charge on any atom is 0.387 e. The molecule has 0 saturated heterocycles. The van der Waals surface area contributed by atoms with Crippen LogP contribution < -0.4 is 9.47 Å². The molecule has 0 spiro atoms. The van der Waals surface area contributed by atoms with Crippen LogP contribution >= 0.6 is 0 Å². The molecule has 2 rings (SSSR count). The highest BCUT2D eigenvalue weighted by Crippen LogP contribution is 2.37. The fourth-order valence-electron chi connectivity index (χ4n) is 1.75. The van der Waals surface area contributed by atoms with Crippen LogP contribution in [0.1, 0.15) is 10.5 Å². The maximum atomic E-state index is 12.4.